The largest absolute Gasteiger partial charge is 0.365 e. The van der Waals surface area contributed by atoms with Gasteiger partial charge in [-0.15, -0.1) is 11.3 Å². The molecule has 3 N–H and O–H groups in total. The van der Waals surface area contributed by atoms with Gasteiger partial charge in [0.15, 0.2) is 9.84 Å². The predicted octanol–water partition coefficient (Wildman–Crippen LogP) is 1.78. The van der Waals surface area contributed by atoms with Crippen molar-refractivity contribution in [1.29, 1.82) is 0 Å². The number of rotatable bonds is 6. The van der Waals surface area contributed by atoms with Gasteiger partial charge in [-0.25, -0.2) is 16.8 Å². The Labute approximate surface area is 196 Å². The second kappa shape index (κ2) is 8.82. The minimum Gasteiger partial charge on any atom is -0.365 e. The summed E-state index contributed by atoms with van der Waals surface area (Å²) in [6.45, 7) is 0.329. The van der Waals surface area contributed by atoms with Crippen LogP contribution in [0.5, 0.6) is 0 Å². The third-order valence-electron chi connectivity index (χ3n) is 6.12. The van der Waals surface area contributed by atoms with E-state index in [1.165, 1.54) is 39.9 Å². The third kappa shape index (κ3) is 4.70. The monoisotopic (exact) mass is 511 g/mol. The summed E-state index contributed by atoms with van der Waals surface area (Å²) in [6, 6.07) is 5.12. The first-order valence-corrected chi connectivity index (χ1v) is 14.7. The van der Waals surface area contributed by atoms with E-state index >= 15 is 0 Å². The number of piperidine rings is 1. The summed E-state index contributed by atoms with van der Waals surface area (Å²) >= 11 is 1.39. The van der Waals surface area contributed by atoms with Gasteiger partial charge in [-0.1, -0.05) is 0 Å². The van der Waals surface area contributed by atoms with Crippen LogP contribution in [0, 0.1) is 5.92 Å². The lowest BCUT2D eigenvalue weighted by molar-refractivity contribution is -0.120. The second-order valence-electron chi connectivity index (χ2n) is 8.34. The lowest BCUT2D eigenvalue weighted by atomic mass is 9.97. The molecule has 2 aliphatic rings. The number of sulfonamides is 1. The zero-order valence-corrected chi connectivity index (χ0v) is 20.5. The SMILES string of the molecule is CS(=O)(=O)c1ccc(S(=O)(=O)N2CCC(C(=O)Nc3sc4c(c3C(N)=O)CCC4)CC2)cc1. The highest BCUT2D eigenvalue weighted by molar-refractivity contribution is 7.90. The number of aryl methyl sites for hydroxylation is 1. The molecule has 0 radical (unpaired) electrons. The van der Waals surface area contributed by atoms with E-state index in [2.05, 4.69) is 5.32 Å². The van der Waals surface area contributed by atoms with Crippen molar-refractivity contribution in [2.45, 2.75) is 41.9 Å². The Morgan fingerprint density at radius 3 is 2.21 bits per heavy atom. The van der Waals surface area contributed by atoms with Gasteiger partial charge in [0.25, 0.3) is 5.91 Å². The summed E-state index contributed by atoms with van der Waals surface area (Å²) in [4.78, 5) is 25.9. The highest BCUT2D eigenvalue weighted by atomic mass is 32.2. The van der Waals surface area contributed by atoms with Crippen LogP contribution in [0.1, 0.15) is 40.1 Å². The molecular weight excluding hydrogens is 486 g/mol. The van der Waals surface area contributed by atoms with Crippen molar-refractivity contribution < 1.29 is 26.4 Å². The molecule has 4 rings (SSSR count). The standard InChI is InChI=1S/C21H25N3O6S3/c1-32(27,28)14-5-7-15(8-6-14)33(29,30)24-11-9-13(10-12-24)20(26)23-21-18(19(22)25)16-3-2-4-17(16)31-21/h5-8,13H,2-4,9-12H2,1H3,(H2,22,25)(H,23,26). The highest BCUT2D eigenvalue weighted by Gasteiger charge is 2.33. The number of carbonyl (C=O) groups excluding carboxylic acids is 2. The molecular formula is C21H25N3O6S3. The molecule has 1 fully saturated rings. The maximum absolute atomic E-state index is 12.9. The van der Waals surface area contributed by atoms with Crippen molar-refractivity contribution in [2.75, 3.05) is 24.7 Å². The molecule has 12 heteroatoms. The van der Waals surface area contributed by atoms with E-state index in [4.69, 9.17) is 5.73 Å². The van der Waals surface area contributed by atoms with Gasteiger partial charge in [-0.2, -0.15) is 4.31 Å². The zero-order valence-electron chi connectivity index (χ0n) is 18.0. The van der Waals surface area contributed by atoms with Crippen molar-refractivity contribution in [3.63, 3.8) is 0 Å². The van der Waals surface area contributed by atoms with Crippen molar-refractivity contribution in [1.82, 2.24) is 4.31 Å². The van der Waals surface area contributed by atoms with Crippen LogP contribution in [0.2, 0.25) is 0 Å². The number of amides is 2. The minimum atomic E-state index is -3.80. The normalized spacial score (nSPS) is 17.6. The number of fused-ring (bicyclic) bond motifs is 1. The van der Waals surface area contributed by atoms with E-state index in [1.54, 1.807) is 0 Å². The Morgan fingerprint density at radius 2 is 1.64 bits per heavy atom. The van der Waals surface area contributed by atoms with Gasteiger partial charge in [0.1, 0.15) is 5.00 Å². The van der Waals surface area contributed by atoms with Gasteiger partial charge < -0.3 is 11.1 Å². The molecule has 2 heterocycles. The van der Waals surface area contributed by atoms with E-state index < -0.39 is 25.8 Å². The van der Waals surface area contributed by atoms with Gasteiger partial charge in [0.05, 0.1) is 15.4 Å². The summed E-state index contributed by atoms with van der Waals surface area (Å²) < 4.78 is 50.4. The Bertz CT molecular complexity index is 1310. The Hall–Kier alpha value is -2.28. The molecule has 1 aromatic carbocycles. The summed E-state index contributed by atoms with van der Waals surface area (Å²) in [5.41, 5.74) is 6.89. The summed E-state index contributed by atoms with van der Waals surface area (Å²) in [7, 11) is -7.22. The van der Waals surface area contributed by atoms with Crippen molar-refractivity contribution >= 4 is 48.0 Å². The lowest BCUT2D eigenvalue weighted by Crippen LogP contribution is -2.41. The molecule has 1 aromatic heterocycles. The van der Waals surface area contributed by atoms with Gasteiger partial charge >= 0.3 is 0 Å². The number of primary amides is 1. The fourth-order valence-corrected chi connectivity index (χ4v) is 7.73. The van der Waals surface area contributed by atoms with Crippen LogP contribution in [0.4, 0.5) is 5.00 Å². The molecule has 1 saturated heterocycles. The smallest absolute Gasteiger partial charge is 0.251 e. The molecule has 2 aromatic rings. The molecule has 1 aliphatic heterocycles. The van der Waals surface area contributed by atoms with Crippen LogP contribution < -0.4 is 11.1 Å². The molecule has 0 unspecified atom stereocenters. The zero-order chi connectivity index (χ0) is 24.0. The highest BCUT2D eigenvalue weighted by Crippen LogP contribution is 2.39. The first-order valence-electron chi connectivity index (χ1n) is 10.5. The van der Waals surface area contributed by atoms with E-state index in [-0.39, 0.29) is 34.7 Å². The third-order valence-corrected chi connectivity index (χ3v) is 10.4. The molecule has 0 atom stereocenters. The van der Waals surface area contributed by atoms with Crippen LogP contribution in [-0.4, -0.2) is 52.3 Å². The molecule has 0 saturated carbocycles. The molecule has 0 spiro atoms. The summed E-state index contributed by atoms with van der Waals surface area (Å²) in [5, 5.41) is 3.33. The molecule has 178 valence electrons. The number of anilines is 1. The number of nitrogens with two attached hydrogens (primary N) is 1. The maximum Gasteiger partial charge on any atom is 0.251 e. The minimum absolute atomic E-state index is 0.0111. The first kappa shape index (κ1) is 23.9. The van der Waals surface area contributed by atoms with E-state index in [0.717, 1.165) is 36.0 Å². The van der Waals surface area contributed by atoms with Crippen LogP contribution >= 0.6 is 11.3 Å². The molecule has 9 nitrogen and oxygen atoms in total. The number of hydrogen-bond donors (Lipinski definition) is 2. The Kier molecular flexibility index (Phi) is 6.38. The van der Waals surface area contributed by atoms with Gasteiger partial charge in [0.2, 0.25) is 15.9 Å². The van der Waals surface area contributed by atoms with E-state index in [1.807, 2.05) is 0 Å². The molecule has 33 heavy (non-hydrogen) atoms. The number of benzene rings is 1. The Balaban J connectivity index is 1.42. The topological polar surface area (TPSA) is 144 Å². The van der Waals surface area contributed by atoms with E-state index in [9.17, 15) is 26.4 Å². The molecule has 0 bridgehead atoms. The van der Waals surface area contributed by atoms with Crippen molar-refractivity contribution in [3.05, 3.63) is 40.3 Å². The van der Waals surface area contributed by atoms with Gasteiger partial charge in [0, 0.05) is 30.1 Å². The van der Waals surface area contributed by atoms with Crippen LogP contribution in [0.25, 0.3) is 0 Å². The molecule has 1 aliphatic carbocycles. The average molecular weight is 512 g/mol. The van der Waals surface area contributed by atoms with Gasteiger partial charge in [-0.05, 0) is 61.9 Å². The number of nitrogens with one attached hydrogen (secondary N) is 1. The quantitative estimate of drug-likeness (QED) is 0.605. The van der Waals surface area contributed by atoms with Gasteiger partial charge in [-0.3, -0.25) is 9.59 Å². The van der Waals surface area contributed by atoms with E-state index in [0.29, 0.717) is 23.4 Å². The number of nitrogens with zero attached hydrogens (tertiary/aromatic N) is 1. The lowest BCUT2D eigenvalue weighted by Gasteiger charge is -2.30. The number of thiophene rings is 1. The van der Waals surface area contributed by atoms with Crippen LogP contribution in [-0.2, 0) is 37.5 Å². The van der Waals surface area contributed by atoms with Crippen LogP contribution in [0.15, 0.2) is 34.1 Å². The second-order valence-corrected chi connectivity index (χ2v) is 13.4. The maximum atomic E-state index is 12.9. The fraction of sp³-hybridized carbons (Fsp3) is 0.429. The Morgan fingerprint density at radius 1 is 1.03 bits per heavy atom. The number of carbonyl (C=O) groups is 2. The van der Waals surface area contributed by atoms with Crippen molar-refractivity contribution in [3.8, 4) is 0 Å². The summed E-state index contributed by atoms with van der Waals surface area (Å²) in [5.74, 6) is -1.18. The van der Waals surface area contributed by atoms with Crippen molar-refractivity contribution in [2.24, 2.45) is 11.7 Å². The average Bonchev–Trinajstić information content (AvgIpc) is 3.34. The summed E-state index contributed by atoms with van der Waals surface area (Å²) in [6.07, 6.45) is 4.36. The predicted molar refractivity (Wildman–Crippen MR) is 125 cm³/mol. The fourth-order valence-electron chi connectivity index (χ4n) is 4.33. The first-order chi connectivity index (χ1) is 15.5. The number of hydrogen-bond acceptors (Lipinski definition) is 7. The number of sulfone groups is 1. The van der Waals surface area contributed by atoms with Crippen LogP contribution in [0.3, 0.4) is 0 Å². The molecule has 2 amide bonds.